The van der Waals surface area contributed by atoms with Gasteiger partial charge < -0.3 is 14.5 Å². The molecule has 7 heteroatoms. The lowest BCUT2D eigenvalue weighted by molar-refractivity contribution is 0.194. The van der Waals surface area contributed by atoms with Gasteiger partial charge in [-0.3, -0.25) is 0 Å². The van der Waals surface area contributed by atoms with E-state index in [1.807, 2.05) is 43.3 Å². The maximum atomic E-state index is 6.22. The van der Waals surface area contributed by atoms with Crippen LogP contribution in [0.4, 0.5) is 5.69 Å². The van der Waals surface area contributed by atoms with Gasteiger partial charge in [0.25, 0.3) is 0 Å². The smallest absolute Gasteiger partial charge is 0.247 e. The first-order valence-corrected chi connectivity index (χ1v) is 10.7. The number of rotatable bonds is 4. The quantitative estimate of drug-likeness (QED) is 0.438. The minimum absolute atomic E-state index is 0.438. The number of nitrogens with zero attached hydrogens (tertiary/aromatic N) is 3. The molecule has 0 saturated carbocycles. The Kier molecular flexibility index (Phi) is 4.88. The summed E-state index contributed by atoms with van der Waals surface area (Å²) < 4.78 is 12.0. The minimum Gasteiger partial charge on any atom is -0.460 e. The number of hydrogen-bond acceptors (Lipinski definition) is 7. The third-order valence-corrected chi connectivity index (χ3v) is 5.75. The van der Waals surface area contributed by atoms with Gasteiger partial charge in [0.1, 0.15) is 5.76 Å². The molecule has 0 unspecified atom stereocenters. The molecule has 0 amide bonds. The van der Waals surface area contributed by atoms with E-state index in [9.17, 15) is 0 Å². The van der Waals surface area contributed by atoms with E-state index in [0.29, 0.717) is 22.5 Å². The average molecular weight is 417 g/mol. The zero-order chi connectivity index (χ0) is 20.5. The summed E-state index contributed by atoms with van der Waals surface area (Å²) in [6.07, 6.45) is -0.507. The summed E-state index contributed by atoms with van der Waals surface area (Å²) in [5.74, 6) is 2.70. The van der Waals surface area contributed by atoms with E-state index in [2.05, 4.69) is 51.7 Å². The molecule has 0 aliphatic carbocycles. The molecule has 3 heterocycles. The zero-order valence-electron chi connectivity index (χ0n) is 16.6. The van der Waals surface area contributed by atoms with E-state index < -0.39 is 6.23 Å². The topological polar surface area (TPSA) is 73.1 Å². The van der Waals surface area contributed by atoms with Gasteiger partial charge in [-0.2, -0.15) is 4.98 Å². The van der Waals surface area contributed by atoms with Gasteiger partial charge >= 0.3 is 0 Å². The van der Waals surface area contributed by atoms with E-state index in [1.165, 1.54) is 22.9 Å². The molecule has 1 atom stereocenters. The molecule has 0 radical (unpaired) electrons. The van der Waals surface area contributed by atoms with Crippen molar-refractivity contribution in [3.05, 3.63) is 83.3 Å². The molecule has 2 aromatic carbocycles. The first-order chi connectivity index (χ1) is 14.7. The molecule has 0 bridgehead atoms. The number of thioether (sulfide) groups is 1. The van der Waals surface area contributed by atoms with Gasteiger partial charge in [-0.15, -0.1) is 10.2 Å². The number of benzene rings is 2. The Labute approximate surface area is 178 Å². The third-order valence-electron chi connectivity index (χ3n) is 4.84. The van der Waals surface area contributed by atoms with Gasteiger partial charge in [-0.1, -0.05) is 59.8 Å². The van der Waals surface area contributed by atoms with Crippen LogP contribution in [0.15, 0.2) is 70.2 Å². The summed E-state index contributed by atoms with van der Waals surface area (Å²) in [6, 6.07) is 20.2. The van der Waals surface area contributed by atoms with Crippen LogP contribution in [0.25, 0.3) is 11.3 Å². The summed E-state index contributed by atoms with van der Waals surface area (Å²) >= 11 is 1.53. The lowest BCUT2D eigenvalue weighted by Crippen LogP contribution is -2.16. The molecule has 0 saturated heterocycles. The predicted octanol–water partition coefficient (Wildman–Crippen LogP) is 5.54. The Morgan fingerprint density at radius 1 is 0.967 bits per heavy atom. The Morgan fingerprint density at radius 2 is 1.80 bits per heavy atom. The molecule has 5 rings (SSSR count). The third kappa shape index (κ3) is 3.76. The Balaban J connectivity index is 1.47. The molecule has 150 valence electrons. The van der Waals surface area contributed by atoms with E-state index in [-0.39, 0.29) is 0 Å². The molecule has 1 aliphatic rings. The number of ether oxygens (including phenoxy) is 1. The molecular formula is C23H20N4O2S. The van der Waals surface area contributed by atoms with Crippen LogP contribution in [0, 0.1) is 13.8 Å². The maximum Gasteiger partial charge on any atom is 0.247 e. The number of aromatic nitrogens is 3. The first kappa shape index (κ1) is 18.7. The SMILES string of the molecule is Cc1ccc(CSc2nnc3c(n2)O[C@H](c2ccc(C)o2)Nc2ccccc2-3)cc1. The predicted molar refractivity (Wildman–Crippen MR) is 116 cm³/mol. The monoisotopic (exact) mass is 416 g/mol. The van der Waals surface area contributed by atoms with Gasteiger partial charge in [0.15, 0.2) is 11.5 Å². The number of para-hydroxylation sites is 1. The van der Waals surface area contributed by atoms with Crippen molar-refractivity contribution in [2.24, 2.45) is 0 Å². The van der Waals surface area contributed by atoms with Crippen molar-refractivity contribution >= 4 is 17.4 Å². The van der Waals surface area contributed by atoms with Crippen LogP contribution >= 0.6 is 11.8 Å². The Morgan fingerprint density at radius 3 is 2.60 bits per heavy atom. The van der Waals surface area contributed by atoms with Crippen molar-refractivity contribution in [1.82, 2.24) is 15.2 Å². The summed E-state index contributed by atoms with van der Waals surface area (Å²) in [5, 5.41) is 12.7. The van der Waals surface area contributed by atoms with Crippen LogP contribution in [0.2, 0.25) is 0 Å². The summed E-state index contributed by atoms with van der Waals surface area (Å²) in [7, 11) is 0. The number of aryl methyl sites for hydroxylation is 2. The van der Waals surface area contributed by atoms with Gasteiger partial charge in [-0.05, 0) is 37.6 Å². The van der Waals surface area contributed by atoms with Crippen LogP contribution in [0.5, 0.6) is 5.88 Å². The lowest BCUT2D eigenvalue weighted by Gasteiger charge is -2.16. The van der Waals surface area contributed by atoms with Crippen molar-refractivity contribution < 1.29 is 9.15 Å². The summed E-state index contributed by atoms with van der Waals surface area (Å²) in [6.45, 7) is 3.99. The Hall–Kier alpha value is -3.32. The highest BCUT2D eigenvalue weighted by Gasteiger charge is 2.27. The molecule has 6 nitrogen and oxygen atoms in total. The second-order valence-electron chi connectivity index (χ2n) is 7.16. The molecule has 2 aromatic heterocycles. The Bertz CT molecular complexity index is 1190. The van der Waals surface area contributed by atoms with Crippen molar-refractivity contribution in [3.8, 4) is 17.1 Å². The summed E-state index contributed by atoms with van der Waals surface area (Å²) in [4.78, 5) is 4.67. The van der Waals surface area contributed by atoms with Crippen molar-refractivity contribution in [2.45, 2.75) is 31.0 Å². The fourth-order valence-electron chi connectivity index (χ4n) is 3.26. The van der Waals surface area contributed by atoms with Crippen LogP contribution < -0.4 is 10.1 Å². The summed E-state index contributed by atoms with van der Waals surface area (Å²) in [5.41, 5.74) is 4.86. The van der Waals surface area contributed by atoms with E-state index in [4.69, 9.17) is 9.15 Å². The number of anilines is 1. The first-order valence-electron chi connectivity index (χ1n) is 9.68. The molecule has 0 spiro atoms. The second-order valence-corrected chi connectivity index (χ2v) is 8.10. The van der Waals surface area contributed by atoms with Crippen LogP contribution in [0.3, 0.4) is 0 Å². The number of hydrogen-bond donors (Lipinski definition) is 1. The fraction of sp³-hybridized carbons (Fsp3) is 0.174. The van der Waals surface area contributed by atoms with Crippen molar-refractivity contribution in [1.29, 1.82) is 0 Å². The molecule has 4 aromatic rings. The number of furan rings is 1. The zero-order valence-corrected chi connectivity index (χ0v) is 17.4. The maximum absolute atomic E-state index is 6.22. The van der Waals surface area contributed by atoms with Gasteiger partial charge in [-0.25, -0.2) is 0 Å². The molecule has 1 N–H and O–H groups in total. The number of fused-ring (bicyclic) bond motifs is 3. The van der Waals surface area contributed by atoms with Crippen molar-refractivity contribution in [2.75, 3.05) is 5.32 Å². The van der Waals surface area contributed by atoms with Gasteiger partial charge in [0.05, 0.1) is 0 Å². The standard InChI is InChI=1S/C23H20N4O2S/c1-14-7-10-16(11-8-14)13-30-23-25-22-20(26-27-23)17-5-3-4-6-18(17)24-21(29-22)19-12-9-15(2)28-19/h3-12,21,24H,13H2,1-2H3/t21-/m1/s1. The normalized spacial score (nSPS) is 14.8. The second kappa shape index (κ2) is 7.84. The van der Waals surface area contributed by atoms with Crippen LogP contribution in [0.1, 0.15) is 28.9 Å². The average Bonchev–Trinajstić information content (AvgIpc) is 3.12. The molecule has 1 aliphatic heterocycles. The minimum atomic E-state index is -0.507. The highest BCUT2D eigenvalue weighted by molar-refractivity contribution is 7.98. The number of nitrogens with one attached hydrogen (secondary N) is 1. The van der Waals surface area contributed by atoms with Crippen LogP contribution in [-0.4, -0.2) is 15.2 Å². The fourth-order valence-corrected chi connectivity index (χ4v) is 4.00. The molecule has 30 heavy (non-hydrogen) atoms. The van der Waals surface area contributed by atoms with Crippen LogP contribution in [-0.2, 0) is 5.75 Å². The van der Waals surface area contributed by atoms with E-state index >= 15 is 0 Å². The van der Waals surface area contributed by atoms with E-state index in [0.717, 1.165) is 22.8 Å². The van der Waals surface area contributed by atoms with Gasteiger partial charge in [0, 0.05) is 17.0 Å². The van der Waals surface area contributed by atoms with E-state index in [1.54, 1.807) is 0 Å². The highest BCUT2D eigenvalue weighted by atomic mass is 32.2. The lowest BCUT2D eigenvalue weighted by atomic mass is 10.1. The van der Waals surface area contributed by atoms with Crippen molar-refractivity contribution in [3.63, 3.8) is 0 Å². The molecular weight excluding hydrogens is 396 g/mol. The largest absolute Gasteiger partial charge is 0.460 e. The highest BCUT2D eigenvalue weighted by Crippen LogP contribution is 2.39. The molecule has 0 fully saturated rings. The van der Waals surface area contributed by atoms with Gasteiger partial charge in [0.2, 0.25) is 17.3 Å².